The summed E-state index contributed by atoms with van der Waals surface area (Å²) in [6.45, 7) is 5.97. The molecule has 0 aromatic heterocycles. The van der Waals surface area contributed by atoms with Crippen LogP contribution in [0.3, 0.4) is 0 Å². The molecule has 23 heavy (non-hydrogen) atoms. The Bertz CT molecular complexity index is 557. The summed E-state index contributed by atoms with van der Waals surface area (Å²) >= 11 is 0. The highest BCUT2D eigenvalue weighted by atomic mass is 16.2. The van der Waals surface area contributed by atoms with Crippen LogP contribution in [0.1, 0.15) is 56.8 Å². The Morgan fingerprint density at radius 2 is 1.83 bits per heavy atom. The first-order chi connectivity index (χ1) is 11.0. The van der Waals surface area contributed by atoms with E-state index in [0.29, 0.717) is 17.2 Å². The highest BCUT2D eigenvalue weighted by molar-refractivity contribution is 6.03. The average Bonchev–Trinajstić information content (AvgIpc) is 2.49. The van der Waals surface area contributed by atoms with Crippen molar-refractivity contribution in [1.82, 2.24) is 10.6 Å². The van der Waals surface area contributed by atoms with Crippen molar-refractivity contribution in [2.75, 3.05) is 5.32 Å². The molecule has 3 amide bonds. The lowest BCUT2D eigenvalue weighted by molar-refractivity contribution is 0.0911. The molecule has 2 unspecified atom stereocenters. The maximum atomic E-state index is 12.6. The smallest absolute Gasteiger partial charge is 0.319 e. The standard InChI is InChI=1S/C18H27N3O2/c1-12(2)19-18(23)21-16-11-7-5-9-14(16)17(22)20-15-10-6-4-8-13(15)3/h5,7,9,11-13,15H,4,6,8,10H2,1-3H3,(H,20,22)(H2,19,21,23). The predicted molar refractivity (Wildman–Crippen MR) is 92.6 cm³/mol. The topological polar surface area (TPSA) is 70.2 Å². The van der Waals surface area contributed by atoms with Gasteiger partial charge in [-0.15, -0.1) is 0 Å². The average molecular weight is 317 g/mol. The molecule has 5 heteroatoms. The number of carbonyl (C=O) groups excluding carboxylic acids is 2. The van der Waals surface area contributed by atoms with Gasteiger partial charge in [-0.1, -0.05) is 31.9 Å². The zero-order valence-electron chi connectivity index (χ0n) is 14.2. The molecular formula is C18H27N3O2. The van der Waals surface area contributed by atoms with Gasteiger partial charge >= 0.3 is 6.03 Å². The van der Waals surface area contributed by atoms with E-state index in [2.05, 4.69) is 22.9 Å². The monoisotopic (exact) mass is 317 g/mol. The van der Waals surface area contributed by atoms with E-state index in [-0.39, 0.29) is 24.0 Å². The third-order valence-corrected chi connectivity index (χ3v) is 4.27. The Kier molecular flexibility index (Phi) is 6.02. The van der Waals surface area contributed by atoms with Crippen molar-refractivity contribution >= 4 is 17.6 Å². The summed E-state index contributed by atoms with van der Waals surface area (Å²) in [5.74, 6) is 0.376. The zero-order chi connectivity index (χ0) is 16.8. The molecule has 2 rings (SSSR count). The molecule has 2 atom stereocenters. The van der Waals surface area contributed by atoms with Gasteiger partial charge in [0.1, 0.15) is 0 Å². The molecular weight excluding hydrogens is 290 g/mol. The van der Waals surface area contributed by atoms with E-state index in [9.17, 15) is 9.59 Å². The lowest BCUT2D eigenvalue weighted by Gasteiger charge is -2.29. The molecule has 1 saturated carbocycles. The first-order valence-corrected chi connectivity index (χ1v) is 8.44. The van der Waals surface area contributed by atoms with Gasteiger partial charge in [-0.25, -0.2) is 4.79 Å². The number of anilines is 1. The quantitative estimate of drug-likeness (QED) is 0.795. The van der Waals surface area contributed by atoms with Crippen molar-refractivity contribution in [1.29, 1.82) is 0 Å². The van der Waals surface area contributed by atoms with Gasteiger partial charge in [0.25, 0.3) is 5.91 Å². The molecule has 3 N–H and O–H groups in total. The van der Waals surface area contributed by atoms with Crippen LogP contribution in [0, 0.1) is 5.92 Å². The Balaban J connectivity index is 2.06. The van der Waals surface area contributed by atoms with Crippen LogP contribution < -0.4 is 16.0 Å². The summed E-state index contributed by atoms with van der Waals surface area (Å²) in [6.07, 6.45) is 4.57. The number of nitrogens with one attached hydrogen (secondary N) is 3. The minimum atomic E-state index is -0.300. The molecule has 1 aromatic rings. The molecule has 126 valence electrons. The van der Waals surface area contributed by atoms with Gasteiger partial charge in [-0.05, 0) is 44.7 Å². The van der Waals surface area contributed by atoms with E-state index in [1.165, 1.54) is 6.42 Å². The fourth-order valence-electron chi connectivity index (χ4n) is 2.99. The number of benzene rings is 1. The van der Waals surface area contributed by atoms with Crippen LogP contribution in [-0.2, 0) is 0 Å². The number of hydrogen-bond acceptors (Lipinski definition) is 2. The van der Waals surface area contributed by atoms with E-state index in [0.717, 1.165) is 19.3 Å². The van der Waals surface area contributed by atoms with E-state index in [1.54, 1.807) is 12.1 Å². The zero-order valence-corrected chi connectivity index (χ0v) is 14.2. The van der Waals surface area contributed by atoms with Crippen LogP contribution in [0.5, 0.6) is 0 Å². The highest BCUT2D eigenvalue weighted by Crippen LogP contribution is 2.24. The number of carbonyl (C=O) groups is 2. The lowest BCUT2D eigenvalue weighted by atomic mass is 9.86. The van der Waals surface area contributed by atoms with Gasteiger partial charge in [-0.3, -0.25) is 4.79 Å². The lowest BCUT2D eigenvalue weighted by Crippen LogP contribution is -2.41. The van der Waals surface area contributed by atoms with Gasteiger partial charge in [-0.2, -0.15) is 0 Å². The fourth-order valence-corrected chi connectivity index (χ4v) is 2.99. The summed E-state index contributed by atoms with van der Waals surface area (Å²) < 4.78 is 0. The van der Waals surface area contributed by atoms with Gasteiger partial charge in [0, 0.05) is 12.1 Å². The molecule has 0 aliphatic heterocycles. The second-order valence-corrected chi connectivity index (χ2v) is 6.64. The Morgan fingerprint density at radius 1 is 1.13 bits per heavy atom. The van der Waals surface area contributed by atoms with Crippen molar-refractivity contribution < 1.29 is 9.59 Å². The molecule has 0 radical (unpaired) electrons. The summed E-state index contributed by atoms with van der Waals surface area (Å²) in [5.41, 5.74) is 1.04. The van der Waals surface area contributed by atoms with E-state index < -0.39 is 0 Å². The number of para-hydroxylation sites is 1. The van der Waals surface area contributed by atoms with Crippen LogP contribution in [0.2, 0.25) is 0 Å². The SMILES string of the molecule is CC(C)NC(=O)Nc1ccccc1C(=O)NC1CCCCC1C. The van der Waals surface area contributed by atoms with Crippen molar-refractivity contribution in [3.05, 3.63) is 29.8 Å². The van der Waals surface area contributed by atoms with E-state index >= 15 is 0 Å². The molecule has 5 nitrogen and oxygen atoms in total. The summed E-state index contributed by atoms with van der Waals surface area (Å²) in [7, 11) is 0. The normalized spacial score (nSPS) is 20.9. The maximum absolute atomic E-state index is 12.6. The van der Waals surface area contributed by atoms with Gasteiger partial charge in [0.15, 0.2) is 0 Å². The summed E-state index contributed by atoms with van der Waals surface area (Å²) in [6, 6.07) is 7.07. The molecule has 0 saturated heterocycles. The highest BCUT2D eigenvalue weighted by Gasteiger charge is 2.24. The fraction of sp³-hybridized carbons (Fsp3) is 0.556. The van der Waals surface area contributed by atoms with Crippen LogP contribution in [0.15, 0.2) is 24.3 Å². The predicted octanol–water partition coefficient (Wildman–Crippen LogP) is 3.53. The molecule has 1 aliphatic carbocycles. The van der Waals surface area contributed by atoms with E-state index in [1.807, 2.05) is 26.0 Å². The first-order valence-electron chi connectivity index (χ1n) is 8.44. The van der Waals surface area contributed by atoms with Crippen molar-refractivity contribution in [2.24, 2.45) is 5.92 Å². The maximum Gasteiger partial charge on any atom is 0.319 e. The number of urea groups is 1. The summed E-state index contributed by atoms with van der Waals surface area (Å²) in [5, 5.41) is 8.65. The van der Waals surface area contributed by atoms with Crippen LogP contribution in [-0.4, -0.2) is 24.0 Å². The molecule has 1 aromatic carbocycles. The third kappa shape index (κ3) is 4.98. The molecule has 0 heterocycles. The molecule has 0 bridgehead atoms. The molecule has 1 aliphatic rings. The Morgan fingerprint density at radius 3 is 2.52 bits per heavy atom. The van der Waals surface area contributed by atoms with Gasteiger partial charge < -0.3 is 16.0 Å². The van der Waals surface area contributed by atoms with Crippen LogP contribution >= 0.6 is 0 Å². The van der Waals surface area contributed by atoms with Gasteiger partial charge in [0.05, 0.1) is 11.3 Å². The van der Waals surface area contributed by atoms with Crippen molar-refractivity contribution in [2.45, 2.75) is 58.5 Å². The Labute approximate surface area is 138 Å². The van der Waals surface area contributed by atoms with Crippen molar-refractivity contribution in [3.63, 3.8) is 0 Å². The molecule has 1 fully saturated rings. The number of rotatable bonds is 4. The summed E-state index contributed by atoms with van der Waals surface area (Å²) in [4.78, 5) is 24.5. The van der Waals surface area contributed by atoms with Gasteiger partial charge in [0.2, 0.25) is 0 Å². The minimum absolute atomic E-state index is 0.0408. The second kappa shape index (κ2) is 7.99. The number of amides is 3. The molecule has 0 spiro atoms. The Hall–Kier alpha value is -2.04. The largest absolute Gasteiger partial charge is 0.349 e. The van der Waals surface area contributed by atoms with Crippen LogP contribution in [0.25, 0.3) is 0 Å². The second-order valence-electron chi connectivity index (χ2n) is 6.64. The van der Waals surface area contributed by atoms with E-state index in [4.69, 9.17) is 0 Å². The minimum Gasteiger partial charge on any atom is -0.349 e. The third-order valence-electron chi connectivity index (χ3n) is 4.27. The first kappa shape index (κ1) is 17.3. The van der Waals surface area contributed by atoms with Crippen LogP contribution in [0.4, 0.5) is 10.5 Å². The number of hydrogen-bond donors (Lipinski definition) is 3. The van der Waals surface area contributed by atoms with Crippen molar-refractivity contribution in [3.8, 4) is 0 Å².